The zero-order valence-electron chi connectivity index (χ0n) is 7.26. The molecule has 0 bridgehead atoms. The minimum atomic E-state index is 0.567. The van der Waals surface area contributed by atoms with E-state index >= 15 is 0 Å². The lowest BCUT2D eigenvalue weighted by Crippen LogP contribution is -1.85. The van der Waals surface area contributed by atoms with Gasteiger partial charge >= 0.3 is 0 Å². The Morgan fingerprint density at radius 2 is 2.25 bits per heavy atom. The minimum Gasteiger partial charge on any atom is -0.277 e. The fraction of sp³-hybridized carbons (Fsp3) is 0.300. The van der Waals surface area contributed by atoms with Crippen LogP contribution in [0.4, 0.5) is 0 Å². The Morgan fingerprint density at radius 3 is 3.00 bits per heavy atom. The number of hydrogen-bond donors (Lipinski definition) is 1. The Hall–Kier alpha value is -1.31. The van der Waals surface area contributed by atoms with Crippen LogP contribution in [0, 0.1) is 6.20 Å². The molecule has 61 valence electrons. The highest BCUT2D eigenvalue weighted by Crippen LogP contribution is 2.18. The van der Waals surface area contributed by atoms with E-state index in [9.17, 15) is 0 Å². The van der Waals surface area contributed by atoms with Gasteiger partial charge in [-0.25, -0.2) is 0 Å². The van der Waals surface area contributed by atoms with E-state index in [1.54, 1.807) is 0 Å². The molecule has 2 nitrogen and oxygen atoms in total. The third-order valence-electron chi connectivity index (χ3n) is 2.06. The van der Waals surface area contributed by atoms with Crippen molar-refractivity contribution in [3.63, 3.8) is 0 Å². The summed E-state index contributed by atoms with van der Waals surface area (Å²) >= 11 is 0. The van der Waals surface area contributed by atoms with Crippen LogP contribution in [-0.2, 0) is 0 Å². The minimum absolute atomic E-state index is 0.567. The second-order valence-corrected chi connectivity index (χ2v) is 3.30. The van der Waals surface area contributed by atoms with E-state index in [4.69, 9.17) is 0 Å². The third kappa shape index (κ3) is 1.09. The summed E-state index contributed by atoms with van der Waals surface area (Å²) in [6, 6.07) is 6.30. The van der Waals surface area contributed by atoms with Gasteiger partial charge in [0.2, 0.25) is 0 Å². The molecule has 1 N–H and O–H groups in total. The monoisotopic (exact) mass is 159 g/mol. The first-order chi connectivity index (χ1) is 5.77. The van der Waals surface area contributed by atoms with Crippen molar-refractivity contribution < 1.29 is 0 Å². The highest BCUT2D eigenvalue weighted by Gasteiger charge is 2.01. The summed E-state index contributed by atoms with van der Waals surface area (Å²) in [6.45, 7) is 4.36. The van der Waals surface area contributed by atoms with Crippen molar-refractivity contribution in [2.24, 2.45) is 0 Å². The number of fused-ring (bicyclic) bond motifs is 1. The lowest BCUT2D eigenvalue weighted by atomic mass is 10.0. The number of aromatic nitrogens is 2. The van der Waals surface area contributed by atoms with Crippen LogP contribution in [-0.4, -0.2) is 10.2 Å². The van der Waals surface area contributed by atoms with Crippen LogP contribution >= 0.6 is 0 Å². The average molecular weight is 159 g/mol. The second-order valence-electron chi connectivity index (χ2n) is 3.30. The van der Waals surface area contributed by atoms with Gasteiger partial charge in [0.25, 0.3) is 0 Å². The van der Waals surface area contributed by atoms with Gasteiger partial charge in [-0.15, -0.1) is 0 Å². The Labute approximate surface area is 71.6 Å². The smallest absolute Gasteiger partial charge is 0.121 e. The van der Waals surface area contributed by atoms with Crippen LogP contribution in [0.5, 0.6) is 0 Å². The molecule has 0 spiro atoms. The summed E-state index contributed by atoms with van der Waals surface area (Å²) in [5, 5.41) is 7.80. The van der Waals surface area contributed by atoms with Crippen LogP contribution in [0.3, 0.4) is 0 Å². The lowest BCUT2D eigenvalue weighted by molar-refractivity contribution is 0.869. The van der Waals surface area contributed by atoms with Crippen molar-refractivity contribution in [1.82, 2.24) is 10.2 Å². The molecule has 1 heterocycles. The molecule has 0 saturated heterocycles. The SMILES string of the molecule is CC(C)c1ccc2[nH]n[c]c2c1. The molecule has 1 aromatic heterocycles. The summed E-state index contributed by atoms with van der Waals surface area (Å²) in [5.41, 5.74) is 2.39. The molecule has 1 radical (unpaired) electrons. The summed E-state index contributed by atoms with van der Waals surface area (Å²) in [7, 11) is 0. The molecule has 0 amide bonds. The maximum atomic E-state index is 3.85. The second kappa shape index (κ2) is 2.63. The predicted molar refractivity (Wildman–Crippen MR) is 49.0 cm³/mol. The Balaban J connectivity index is 2.60. The molecular formula is C10H11N2. The quantitative estimate of drug-likeness (QED) is 0.680. The van der Waals surface area contributed by atoms with E-state index in [1.165, 1.54) is 5.56 Å². The van der Waals surface area contributed by atoms with Crippen molar-refractivity contribution in [3.8, 4) is 0 Å². The molecule has 0 aliphatic heterocycles. The molecule has 0 atom stereocenters. The van der Waals surface area contributed by atoms with Gasteiger partial charge in [-0.05, 0) is 23.6 Å². The topological polar surface area (TPSA) is 28.7 Å². The molecular weight excluding hydrogens is 148 g/mol. The van der Waals surface area contributed by atoms with Crippen molar-refractivity contribution >= 4 is 10.9 Å². The van der Waals surface area contributed by atoms with Crippen molar-refractivity contribution in [2.75, 3.05) is 0 Å². The van der Waals surface area contributed by atoms with Gasteiger partial charge in [0.05, 0.1) is 5.52 Å². The van der Waals surface area contributed by atoms with Gasteiger partial charge in [-0.2, -0.15) is 5.10 Å². The first kappa shape index (κ1) is 7.35. The van der Waals surface area contributed by atoms with Crippen molar-refractivity contribution in [3.05, 3.63) is 30.0 Å². The summed E-state index contributed by atoms with van der Waals surface area (Å²) < 4.78 is 0. The maximum Gasteiger partial charge on any atom is 0.121 e. The van der Waals surface area contributed by atoms with Crippen molar-refractivity contribution in [1.29, 1.82) is 0 Å². The van der Waals surface area contributed by atoms with Crippen LogP contribution in [0.25, 0.3) is 10.9 Å². The zero-order chi connectivity index (χ0) is 8.55. The van der Waals surface area contributed by atoms with E-state index in [1.807, 2.05) is 6.07 Å². The van der Waals surface area contributed by atoms with Gasteiger partial charge in [0.1, 0.15) is 6.20 Å². The number of benzene rings is 1. The van der Waals surface area contributed by atoms with Crippen LogP contribution in [0.2, 0.25) is 0 Å². The fourth-order valence-electron chi connectivity index (χ4n) is 1.26. The molecule has 0 fully saturated rings. The molecule has 2 heteroatoms. The lowest BCUT2D eigenvalue weighted by Gasteiger charge is -2.03. The largest absolute Gasteiger partial charge is 0.277 e. The number of H-pyrrole nitrogens is 1. The van der Waals surface area contributed by atoms with Crippen LogP contribution in [0.1, 0.15) is 25.3 Å². The van der Waals surface area contributed by atoms with Crippen LogP contribution < -0.4 is 0 Å². The number of rotatable bonds is 1. The molecule has 0 saturated carbocycles. The number of nitrogens with zero attached hydrogens (tertiary/aromatic N) is 1. The van der Waals surface area contributed by atoms with Crippen LogP contribution in [0.15, 0.2) is 18.2 Å². The maximum absolute atomic E-state index is 3.85. The van der Waals surface area contributed by atoms with E-state index in [2.05, 4.69) is 42.4 Å². The van der Waals surface area contributed by atoms with Gasteiger partial charge in [-0.3, -0.25) is 5.10 Å². The molecule has 0 aliphatic carbocycles. The van der Waals surface area contributed by atoms with Crippen molar-refractivity contribution in [2.45, 2.75) is 19.8 Å². The Bertz CT molecular complexity index is 387. The van der Waals surface area contributed by atoms with E-state index in [0.29, 0.717) is 5.92 Å². The highest BCUT2D eigenvalue weighted by molar-refractivity contribution is 5.77. The normalized spacial score (nSPS) is 11.2. The third-order valence-corrected chi connectivity index (χ3v) is 2.06. The summed E-state index contributed by atoms with van der Waals surface area (Å²) in [4.78, 5) is 0. The zero-order valence-corrected chi connectivity index (χ0v) is 7.26. The number of hydrogen-bond acceptors (Lipinski definition) is 1. The molecule has 2 rings (SSSR count). The Morgan fingerprint density at radius 1 is 1.42 bits per heavy atom. The molecule has 0 unspecified atom stereocenters. The van der Waals surface area contributed by atoms with E-state index in [-0.39, 0.29) is 0 Å². The molecule has 1 aromatic carbocycles. The van der Waals surface area contributed by atoms with Gasteiger partial charge in [0.15, 0.2) is 0 Å². The predicted octanol–water partition coefficient (Wildman–Crippen LogP) is 2.49. The Kier molecular flexibility index (Phi) is 1.61. The summed E-state index contributed by atoms with van der Waals surface area (Å²) in [5.74, 6) is 0.567. The highest BCUT2D eigenvalue weighted by atomic mass is 15.1. The van der Waals surface area contributed by atoms with Gasteiger partial charge < -0.3 is 0 Å². The van der Waals surface area contributed by atoms with Gasteiger partial charge in [0, 0.05) is 5.39 Å². The molecule has 2 aromatic rings. The average Bonchev–Trinajstić information content (AvgIpc) is 2.49. The summed E-state index contributed by atoms with van der Waals surface area (Å²) in [6.07, 6.45) is 2.91. The van der Waals surface area contributed by atoms with E-state index < -0.39 is 0 Å². The van der Waals surface area contributed by atoms with Gasteiger partial charge in [-0.1, -0.05) is 19.9 Å². The first-order valence-corrected chi connectivity index (χ1v) is 4.13. The number of nitrogens with one attached hydrogen (secondary N) is 1. The molecule has 12 heavy (non-hydrogen) atoms. The number of aromatic amines is 1. The standard InChI is InChI=1S/C10H11N2/c1-7(2)8-3-4-10-9(5-8)6-11-12-10/h3-5,7H,1-2H3,(H,11,12). The fourth-order valence-corrected chi connectivity index (χ4v) is 1.26. The van der Waals surface area contributed by atoms with E-state index in [0.717, 1.165) is 10.9 Å². The first-order valence-electron chi connectivity index (χ1n) is 4.13. The molecule has 0 aliphatic rings.